The molecule has 3 aromatic heterocycles. The summed E-state index contributed by atoms with van der Waals surface area (Å²) in [6, 6.07) is 0.324. The van der Waals surface area contributed by atoms with Crippen LogP contribution in [0.3, 0.4) is 0 Å². The first-order valence-electron chi connectivity index (χ1n) is 6.46. The second-order valence-electron chi connectivity index (χ2n) is 4.86. The van der Waals surface area contributed by atoms with Crippen molar-refractivity contribution < 1.29 is 5.11 Å². The molecule has 0 radical (unpaired) electrons. The number of aromatic amines is 2. The van der Waals surface area contributed by atoms with E-state index in [-0.39, 0.29) is 11.6 Å². The summed E-state index contributed by atoms with van der Waals surface area (Å²) in [5.74, 6) is -0.226. The third kappa shape index (κ3) is 2.08. The molecular weight excluding hydrogens is 274 g/mol. The van der Waals surface area contributed by atoms with Gasteiger partial charge in [-0.25, -0.2) is 14.8 Å². The first-order chi connectivity index (χ1) is 10.2. The molecule has 3 aromatic rings. The van der Waals surface area contributed by atoms with Crippen molar-refractivity contribution in [3.8, 4) is 5.88 Å². The molecule has 1 saturated carbocycles. The quantitative estimate of drug-likeness (QED) is 0.526. The lowest BCUT2D eigenvalue weighted by Gasteiger charge is -1.92. The van der Waals surface area contributed by atoms with E-state index in [2.05, 4.69) is 30.0 Å². The molecule has 0 saturated heterocycles. The second-order valence-corrected chi connectivity index (χ2v) is 4.86. The molecule has 0 spiro atoms. The van der Waals surface area contributed by atoms with Gasteiger partial charge >= 0.3 is 5.69 Å². The lowest BCUT2D eigenvalue weighted by Crippen LogP contribution is -2.21. The Kier molecular flexibility index (Phi) is 2.40. The molecule has 1 aliphatic rings. The first kappa shape index (κ1) is 11.8. The Labute approximate surface area is 116 Å². The van der Waals surface area contributed by atoms with E-state index in [1.54, 1.807) is 16.8 Å². The van der Waals surface area contributed by atoms with Gasteiger partial charge in [0.05, 0.1) is 12.2 Å². The number of rotatable bonds is 2. The zero-order valence-corrected chi connectivity index (χ0v) is 10.8. The number of imidazole rings is 1. The lowest BCUT2D eigenvalue weighted by molar-refractivity contribution is 0.454. The fourth-order valence-corrected chi connectivity index (χ4v) is 2.02. The monoisotopic (exact) mass is 285 g/mol. The van der Waals surface area contributed by atoms with Crippen LogP contribution in [0.4, 0.5) is 0 Å². The fraction of sp³-hybridized carbons (Fsp3) is 0.250. The first-order valence-corrected chi connectivity index (χ1v) is 6.46. The van der Waals surface area contributed by atoms with Gasteiger partial charge in [0.15, 0.2) is 5.65 Å². The molecule has 3 N–H and O–H groups in total. The topological polar surface area (TPSA) is 124 Å². The predicted molar refractivity (Wildman–Crippen MR) is 71.2 cm³/mol. The van der Waals surface area contributed by atoms with Crippen LogP contribution in [0, 0.1) is 0 Å². The van der Waals surface area contributed by atoms with Gasteiger partial charge in [0.1, 0.15) is 12.0 Å². The van der Waals surface area contributed by atoms with Crippen LogP contribution in [0.5, 0.6) is 5.88 Å². The molecule has 21 heavy (non-hydrogen) atoms. The van der Waals surface area contributed by atoms with Gasteiger partial charge in [-0.1, -0.05) is 0 Å². The van der Waals surface area contributed by atoms with Crippen LogP contribution in [0.25, 0.3) is 11.7 Å². The Balaban J connectivity index is 1.95. The van der Waals surface area contributed by atoms with Gasteiger partial charge in [0, 0.05) is 5.22 Å². The Bertz CT molecular complexity index is 993. The van der Waals surface area contributed by atoms with Gasteiger partial charge < -0.3 is 10.1 Å². The SMILES string of the molecule is O=c1[nH]c(O)c(C=c2cnn3c(=NC4CC4)ncnc23)[nH]1. The number of H-pyrrole nitrogens is 2. The van der Waals surface area contributed by atoms with Gasteiger partial charge in [0.2, 0.25) is 11.5 Å². The molecule has 0 amide bonds. The molecule has 1 fully saturated rings. The van der Waals surface area contributed by atoms with E-state index in [1.807, 2.05) is 0 Å². The third-order valence-corrected chi connectivity index (χ3v) is 3.19. The molecule has 3 heterocycles. The Hall–Kier alpha value is -2.97. The van der Waals surface area contributed by atoms with Gasteiger partial charge in [-0.05, 0) is 18.9 Å². The molecule has 0 atom stereocenters. The summed E-state index contributed by atoms with van der Waals surface area (Å²) in [6.45, 7) is 0. The number of hydrogen-bond acceptors (Lipinski definition) is 6. The smallest absolute Gasteiger partial charge is 0.326 e. The van der Waals surface area contributed by atoms with Gasteiger partial charge in [0.25, 0.3) is 0 Å². The van der Waals surface area contributed by atoms with E-state index < -0.39 is 5.69 Å². The van der Waals surface area contributed by atoms with E-state index in [1.165, 1.54) is 6.33 Å². The summed E-state index contributed by atoms with van der Waals surface area (Å²) in [5, 5.41) is 14.5. The zero-order valence-electron chi connectivity index (χ0n) is 10.8. The Morgan fingerprint density at radius 2 is 2.24 bits per heavy atom. The molecule has 0 aliphatic heterocycles. The van der Waals surface area contributed by atoms with Crippen LogP contribution in [0.1, 0.15) is 18.5 Å². The highest BCUT2D eigenvalue weighted by Gasteiger charge is 2.20. The number of aromatic hydroxyl groups is 1. The van der Waals surface area contributed by atoms with Crippen molar-refractivity contribution in [2.75, 3.05) is 0 Å². The van der Waals surface area contributed by atoms with Gasteiger partial charge in [-0.15, -0.1) is 0 Å². The summed E-state index contributed by atoms with van der Waals surface area (Å²) < 4.78 is 1.55. The largest absolute Gasteiger partial charge is 0.493 e. The summed E-state index contributed by atoms with van der Waals surface area (Å²) in [5.41, 5.74) is 0.864. The molecule has 0 unspecified atom stereocenters. The Morgan fingerprint density at radius 1 is 1.38 bits per heavy atom. The van der Waals surface area contributed by atoms with Crippen molar-refractivity contribution in [2.45, 2.75) is 18.9 Å². The number of nitrogens with zero attached hydrogens (tertiary/aromatic N) is 5. The average molecular weight is 285 g/mol. The Morgan fingerprint density at radius 3 is 2.95 bits per heavy atom. The van der Waals surface area contributed by atoms with Crippen LogP contribution >= 0.6 is 0 Å². The van der Waals surface area contributed by atoms with Gasteiger partial charge in [-0.3, -0.25) is 4.98 Å². The predicted octanol–water partition coefficient (Wildman–Crippen LogP) is -1.54. The summed E-state index contributed by atoms with van der Waals surface area (Å²) in [4.78, 5) is 28.6. The third-order valence-electron chi connectivity index (χ3n) is 3.19. The molecule has 9 nitrogen and oxygen atoms in total. The standard InChI is InChI=1S/C12H11N7O2/c20-10-8(17-12(21)18-10)3-6-4-15-19-9(6)13-5-14-11(19)16-7-1-2-7/h3-5,7,20H,1-2H2,(H2,17,18,21). The van der Waals surface area contributed by atoms with Crippen molar-refractivity contribution in [3.63, 3.8) is 0 Å². The normalized spacial score (nSPS) is 17.0. The molecule has 9 heteroatoms. The van der Waals surface area contributed by atoms with Crippen LogP contribution in [-0.2, 0) is 0 Å². The van der Waals surface area contributed by atoms with Crippen molar-refractivity contribution >= 4 is 11.7 Å². The van der Waals surface area contributed by atoms with Crippen molar-refractivity contribution in [1.82, 2.24) is 29.5 Å². The number of fused-ring (bicyclic) bond motifs is 1. The molecule has 106 valence electrons. The number of hydrogen-bond donors (Lipinski definition) is 3. The van der Waals surface area contributed by atoms with Crippen LogP contribution in [-0.4, -0.2) is 40.7 Å². The summed E-state index contributed by atoms with van der Waals surface area (Å²) in [6.07, 6.45) is 6.74. The highest BCUT2D eigenvalue weighted by molar-refractivity contribution is 5.55. The van der Waals surface area contributed by atoms with Gasteiger partial charge in [-0.2, -0.15) is 14.6 Å². The molecule has 4 rings (SSSR count). The molecular formula is C12H11N7O2. The van der Waals surface area contributed by atoms with Crippen molar-refractivity contribution in [1.29, 1.82) is 0 Å². The van der Waals surface area contributed by atoms with E-state index in [0.29, 0.717) is 22.5 Å². The van der Waals surface area contributed by atoms with Crippen LogP contribution in [0.15, 0.2) is 22.3 Å². The average Bonchev–Trinajstić information content (AvgIpc) is 3.09. The number of aromatic nitrogens is 6. The van der Waals surface area contributed by atoms with E-state index in [4.69, 9.17) is 0 Å². The minimum Gasteiger partial charge on any atom is -0.493 e. The maximum atomic E-state index is 11.1. The molecule has 0 bridgehead atoms. The van der Waals surface area contributed by atoms with Crippen molar-refractivity contribution in [2.24, 2.45) is 4.99 Å². The molecule has 1 aliphatic carbocycles. The molecule has 0 aromatic carbocycles. The minimum absolute atomic E-state index is 0.226. The fourth-order valence-electron chi connectivity index (χ4n) is 2.02. The minimum atomic E-state index is -0.478. The van der Waals surface area contributed by atoms with Crippen LogP contribution < -0.4 is 16.5 Å². The van der Waals surface area contributed by atoms with Crippen LogP contribution in [0.2, 0.25) is 0 Å². The zero-order chi connectivity index (χ0) is 14.4. The maximum Gasteiger partial charge on any atom is 0.326 e. The highest BCUT2D eigenvalue weighted by Crippen LogP contribution is 2.22. The highest BCUT2D eigenvalue weighted by atomic mass is 16.3. The lowest BCUT2D eigenvalue weighted by atomic mass is 10.3. The summed E-state index contributed by atoms with van der Waals surface area (Å²) in [7, 11) is 0. The van der Waals surface area contributed by atoms with E-state index in [9.17, 15) is 9.90 Å². The van der Waals surface area contributed by atoms with Crippen molar-refractivity contribution in [3.05, 3.63) is 39.5 Å². The van der Waals surface area contributed by atoms with E-state index in [0.717, 1.165) is 12.8 Å². The maximum absolute atomic E-state index is 11.1. The second kappa shape index (κ2) is 4.27. The van der Waals surface area contributed by atoms with E-state index >= 15 is 0 Å². The summed E-state index contributed by atoms with van der Waals surface area (Å²) >= 11 is 0. The number of nitrogens with one attached hydrogen (secondary N) is 2.